The van der Waals surface area contributed by atoms with E-state index in [4.69, 9.17) is 41.0 Å². The first-order valence-corrected chi connectivity index (χ1v) is 23.8. The van der Waals surface area contributed by atoms with Gasteiger partial charge < -0.3 is 28.4 Å². The number of hydrogen-bond acceptors (Lipinski definition) is 18. The van der Waals surface area contributed by atoms with E-state index >= 15 is 0 Å². The molecule has 9 aliphatic rings. The van der Waals surface area contributed by atoms with Crippen molar-refractivity contribution in [2.75, 3.05) is 0 Å². The van der Waals surface area contributed by atoms with E-state index in [0.29, 0.717) is 38.5 Å². The van der Waals surface area contributed by atoms with E-state index in [1.807, 2.05) is 20.8 Å². The SMILES string of the molecule is CCC(C)C(=O)OC1C2CC3C(O2)C1(C)OS3(=O)=O.CCC(C)C(=O)OC1C2CC3C(O2)C1OS3(=O)=O.CCC(C)C(=O)OC1C2OS(=O)(=O)C3CC1(C)OC23. The summed E-state index contributed by atoms with van der Waals surface area (Å²) in [5.41, 5.74) is -1.80. The summed E-state index contributed by atoms with van der Waals surface area (Å²) in [5, 5.41) is -1.80. The Bertz CT molecular complexity index is 1920. The second-order valence-corrected chi connectivity index (χ2v) is 22.2. The van der Waals surface area contributed by atoms with Crippen LogP contribution in [-0.4, -0.2) is 131 Å². The van der Waals surface area contributed by atoms with Gasteiger partial charge >= 0.3 is 17.9 Å². The van der Waals surface area contributed by atoms with Crippen LogP contribution < -0.4 is 0 Å². The smallest absolute Gasteiger partial charge is 0.309 e. The van der Waals surface area contributed by atoms with E-state index in [0.717, 1.165) is 0 Å². The molecule has 0 amide bonds. The summed E-state index contributed by atoms with van der Waals surface area (Å²) in [4.78, 5) is 35.6. The zero-order chi connectivity index (χ0) is 41.1. The highest BCUT2D eigenvalue weighted by Gasteiger charge is 2.74. The molecule has 0 aromatic rings. The molecule has 318 valence electrons. The van der Waals surface area contributed by atoms with Crippen LogP contribution in [0.1, 0.15) is 93.9 Å². The van der Waals surface area contributed by atoms with Crippen LogP contribution in [0.3, 0.4) is 0 Å². The molecule has 0 radical (unpaired) electrons. The molecule has 9 aliphatic heterocycles. The molecule has 9 rings (SSSR count). The maximum absolute atomic E-state index is 11.9. The summed E-state index contributed by atoms with van der Waals surface area (Å²) < 4.78 is 119. The number of rotatable bonds is 9. The van der Waals surface area contributed by atoms with Gasteiger partial charge in [-0.3, -0.25) is 26.9 Å². The molecular weight excluding hydrogens is 805 g/mol. The van der Waals surface area contributed by atoms with Gasteiger partial charge in [0.2, 0.25) is 0 Å². The molecule has 0 aliphatic carbocycles. The second kappa shape index (κ2) is 14.3. The first-order valence-electron chi connectivity index (χ1n) is 19.4. The molecule has 18 atom stereocenters. The molecule has 21 heteroatoms. The van der Waals surface area contributed by atoms with Crippen LogP contribution in [0.2, 0.25) is 0 Å². The minimum atomic E-state index is -3.60. The Kier molecular flexibility index (Phi) is 10.8. The molecule has 0 N–H and O–H groups in total. The standard InChI is InChI=1S/2C12H18O6S.C11H16O6S/c1-4-6(2)11(13)16-10-9-8-7(19(14,15)18-9)5-12(10,3)17-8;1-4-6(2)11(13)17-9-7-5-8-10(16-7)12(9,3)18-19(8,14)15;1-3-5(2)11(12)16-8-6-4-7-9(15-6)10(8)17-18(7,13)14/h2*6-10H,4-5H2,1-3H3;5-10H,3-4H2,1-2H3. The predicted molar refractivity (Wildman–Crippen MR) is 190 cm³/mol. The van der Waals surface area contributed by atoms with E-state index in [9.17, 15) is 39.6 Å². The minimum Gasteiger partial charge on any atom is -0.456 e. The highest BCUT2D eigenvalue weighted by atomic mass is 32.2. The van der Waals surface area contributed by atoms with Gasteiger partial charge in [-0.15, -0.1) is 0 Å². The monoisotopic (exact) mass is 856 g/mol. The molecule has 18 unspecified atom stereocenters. The first kappa shape index (κ1) is 42.2. The Hall–Kier alpha value is -1.98. The van der Waals surface area contributed by atoms with Crippen LogP contribution >= 0.6 is 0 Å². The molecule has 18 nitrogen and oxygen atoms in total. The predicted octanol–water partition coefficient (Wildman–Crippen LogP) is 1.42. The highest BCUT2D eigenvalue weighted by Crippen LogP contribution is 2.55. The van der Waals surface area contributed by atoms with Crippen molar-refractivity contribution in [1.82, 2.24) is 0 Å². The molecule has 9 fully saturated rings. The van der Waals surface area contributed by atoms with Crippen molar-refractivity contribution in [3.05, 3.63) is 0 Å². The van der Waals surface area contributed by atoms with Crippen molar-refractivity contribution >= 4 is 48.3 Å². The highest BCUT2D eigenvalue weighted by molar-refractivity contribution is 7.88. The largest absolute Gasteiger partial charge is 0.456 e. The van der Waals surface area contributed by atoms with Gasteiger partial charge in [-0.05, 0) is 46.0 Å². The third kappa shape index (κ3) is 6.71. The number of esters is 3. The van der Waals surface area contributed by atoms with Gasteiger partial charge in [-0.2, -0.15) is 25.3 Å². The molecule has 0 spiro atoms. The van der Waals surface area contributed by atoms with Crippen molar-refractivity contribution < 1.29 is 80.6 Å². The zero-order valence-electron chi connectivity index (χ0n) is 32.6. The van der Waals surface area contributed by atoms with Crippen LogP contribution in [0.25, 0.3) is 0 Å². The minimum absolute atomic E-state index is 0.196. The average Bonchev–Trinajstić information content (AvgIpc) is 4.00. The maximum Gasteiger partial charge on any atom is 0.309 e. The van der Waals surface area contributed by atoms with Gasteiger partial charge in [0, 0.05) is 6.42 Å². The molecule has 9 heterocycles. The van der Waals surface area contributed by atoms with Crippen molar-refractivity contribution in [3.8, 4) is 0 Å². The summed E-state index contributed by atoms with van der Waals surface area (Å²) >= 11 is 0. The number of ether oxygens (including phenoxy) is 6. The quantitative estimate of drug-likeness (QED) is 0.181. The lowest BCUT2D eigenvalue weighted by molar-refractivity contribution is -0.165. The second-order valence-electron chi connectivity index (χ2n) is 16.8. The van der Waals surface area contributed by atoms with E-state index < -0.39 is 106 Å². The van der Waals surface area contributed by atoms with Crippen LogP contribution in [0, 0.1) is 17.8 Å². The van der Waals surface area contributed by atoms with E-state index in [1.165, 1.54) is 0 Å². The Morgan fingerprint density at radius 1 is 0.625 bits per heavy atom. The molecule has 0 aromatic carbocycles. The fraction of sp³-hybridized carbons (Fsp3) is 0.914. The molecule has 6 bridgehead atoms. The lowest BCUT2D eigenvalue weighted by Gasteiger charge is -2.31. The van der Waals surface area contributed by atoms with Gasteiger partial charge in [0.05, 0.1) is 30.0 Å². The van der Waals surface area contributed by atoms with Gasteiger partial charge in [0.1, 0.15) is 51.9 Å². The average molecular weight is 857 g/mol. The Balaban J connectivity index is 0.000000129. The summed E-state index contributed by atoms with van der Waals surface area (Å²) in [6, 6.07) is 0. The van der Waals surface area contributed by atoms with Gasteiger partial charge in [-0.25, -0.2) is 0 Å². The van der Waals surface area contributed by atoms with Gasteiger partial charge in [0.15, 0.2) is 23.9 Å². The van der Waals surface area contributed by atoms with E-state index in [-0.39, 0.29) is 47.9 Å². The maximum atomic E-state index is 11.9. The molecule has 0 aromatic heterocycles. The number of carbonyl (C=O) groups excluding carboxylic acids is 3. The Morgan fingerprint density at radius 2 is 1.14 bits per heavy atom. The lowest BCUT2D eigenvalue weighted by atomic mass is 9.83. The van der Waals surface area contributed by atoms with Crippen LogP contribution in [0.15, 0.2) is 0 Å². The molecule has 9 saturated heterocycles. The summed E-state index contributed by atoms with van der Waals surface area (Å²) in [6.45, 7) is 14.5. The lowest BCUT2D eigenvalue weighted by Crippen LogP contribution is -2.51. The number of fused-ring (bicyclic) bond motifs is 3. The fourth-order valence-electron chi connectivity index (χ4n) is 9.11. The molecule has 56 heavy (non-hydrogen) atoms. The fourth-order valence-corrected chi connectivity index (χ4v) is 14.4. The van der Waals surface area contributed by atoms with Gasteiger partial charge in [0.25, 0.3) is 30.4 Å². The van der Waals surface area contributed by atoms with Crippen LogP contribution in [0.5, 0.6) is 0 Å². The van der Waals surface area contributed by atoms with Gasteiger partial charge in [-0.1, -0.05) is 41.5 Å². The van der Waals surface area contributed by atoms with Crippen molar-refractivity contribution in [3.63, 3.8) is 0 Å². The van der Waals surface area contributed by atoms with E-state index in [2.05, 4.69) is 0 Å². The summed E-state index contributed by atoms with van der Waals surface area (Å²) in [7, 11) is -10.7. The third-order valence-corrected chi connectivity index (χ3v) is 18.2. The Morgan fingerprint density at radius 3 is 1.73 bits per heavy atom. The first-order chi connectivity index (χ1) is 26.0. The molecule has 0 saturated carbocycles. The third-order valence-electron chi connectivity index (χ3n) is 13.1. The summed E-state index contributed by atoms with van der Waals surface area (Å²) in [6.07, 6.45) is -2.26. The topological polar surface area (TPSA) is 237 Å². The molecular formula is C35H52O18S3. The normalized spacial score (nSPS) is 46.6. The Labute approximate surface area is 327 Å². The van der Waals surface area contributed by atoms with Crippen LogP contribution in [0.4, 0.5) is 0 Å². The number of hydrogen-bond donors (Lipinski definition) is 0. The van der Waals surface area contributed by atoms with E-state index in [1.54, 1.807) is 34.6 Å². The van der Waals surface area contributed by atoms with Crippen molar-refractivity contribution in [2.24, 2.45) is 17.8 Å². The number of carbonyl (C=O) groups is 3. The van der Waals surface area contributed by atoms with Crippen molar-refractivity contribution in [2.45, 2.75) is 182 Å². The zero-order valence-corrected chi connectivity index (χ0v) is 35.0. The summed E-state index contributed by atoms with van der Waals surface area (Å²) in [5.74, 6) is -1.59. The van der Waals surface area contributed by atoms with Crippen molar-refractivity contribution in [1.29, 1.82) is 0 Å². The van der Waals surface area contributed by atoms with Crippen LogP contribution in [-0.2, 0) is 85.7 Å².